The lowest BCUT2D eigenvalue weighted by molar-refractivity contribution is 0.102. The Kier molecular flexibility index (Phi) is 6.00. The zero-order valence-corrected chi connectivity index (χ0v) is 15.0. The summed E-state index contributed by atoms with van der Waals surface area (Å²) >= 11 is 0. The number of amides is 1. The maximum atomic E-state index is 12.4. The highest BCUT2D eigenvalue weighted by atomic mass is 32.2. The van der Waals surface area contributed by atoms with Crippen LogP contribution in [-0.4, -0.2) is 35.1 Å². The molecule has 0 fully saturated rings. The van der Waals surface area contributed by atoms with Crippen molar-refractivity contribution in [1.29, 1.82) is 0 Å². The average Bonchev–Trinajstić information content (AvgIpc) is 2.62. The summed E-state index contributed by atoms with van der Waals surface area (Å²) in [6.45, 7) is 2.35. The van der Waals surface area contributed by atoms with Crippen LogP contribution in [0.25, 0.3) is 0 Å². The van der Waals surface area contributed by atoms with Crippen LogP contribution in [0.1, 0.15) is 17.3 Å². The first-order valence-corrected chi connectivity index (χ1v) is 9.05. The third-order valence-electron chi connectivity index (χ3n) is 3.42. The number of carbonyl (C=O) groups excluding carboxylic acids is 1. The molecule has 0 bridgehead atoms. The van der Waals surface area contributed by atoms with Crippen LogP contribution in [0, 0.1) is 0 Å². The Morgan fingerprint density at radius 2 is 1.76 bits per heavy atom. The minimum absolute atomic E-state index is 0.121. The summed E-state index contributed by atoms with van der Waals surface area (Å²) in [5, 5.41) is 2.71. The van der Waals surface area contributed by atoms with Crippen molar-refractivity contribution >= 4 is 21.6 Å². The van der Waals surface area contributed by atoms with Gasteiger partial charge in [0.25, 0.3) is 5.91 Å². The van der Waals surface area contributed by atoms with Gasteiger partial charge in [-0.3, -0.25) is 4.79 Å². The topological polar surface area (TPSA) is 93.7 Å². The van der Waals surface area contributed by atoms with Crippen molar-refractivity contribution in [3.63, 3.8) is 0 Å². The quantitative estimate of drug-likeness (QED) is 0.786. The average molecular weight is 364 g/mol. The monoisotopic (exact) mass is 364 g/mol. The molecule has 2 aromatic rings. The third-order valence-corrected chi connectivity index (χ3v) is 4.85. The van der Waals surface area contributed by atoms with Gasteiger partial charge in [0.1, 0.15) is 0 Å². The molecule has 7 nitrogen and oxygen atoms in total. The Morgan fingerprint density at radius 3 is 2.32 bits per heavy atom. The number of nitrogens with one attached hydrogen (secondary N) is 2. The van der Waals surface area contributed by atoms with Crippen LogP contribution >= 0.6 is 0 Å². The molecule has 0 aliphatic carbocycles. The molecule has 0 spiro atoms. The van der Waals surface area contributed by atoms with Gasteiger partial charge >= 0.3 is 0 Å². The standard InChI is InChI=1S/C17H20N2O5S/c1-4-24-15-10-5-12(11-16(15)23-3)17(20)19-13-6-8-14(9-7-13)25(21,22)18-2/h5-11,18H,4H2,1-3H3,(H,19,20). The molecule has 134 valence electrons. The maximum Gasteiger partial charge on any atom is 0.255 e. The molecule has 0 atom stereocenters. The number of sulfonamides is 1. The van der Waals surface area contributed by atoms with E-state index in [4.69, 9.17) is 9.47 Å². The molecule has 0 aliphatic heterocycles. The van der Waals surface area contributed by atoms with Crippen LogP contribution in [0.2, 0.25) is 0 Å². The second-order valence-corrected chi connectivity index (χ2v) is 6.87. The molecule has 0 heterocycles. The Labute approximate surface area is 147 Å². The minimum atomic E-state index is -3.51. The summed E-state index contributed by atoms with van der Waals surface area (Å²) in [5.41, 5.74) is 0.875. The van der Waals surface area contributed by atoms with E-state index in [1.807, 2.05) is 6.92 Å². The van der Waals surface area contributed by atoms with Crippen LogP contribution in [0.3, 0.4) is 0 Å². The fraction of sp³-hybridized carbons (Fsp3) is 0.235. The number of methoxy groups -OCH3 is 1. The highest BCUT2D eigenvalue weighted by Gasteiger charge is 2.13. The van der Waals surface area contributed by atoms with Crippen molar-refractivity contribution in [2.45, 2.75) is 11.8 Å². The van der Waals surface area contributed by atoms with Crippen molar-refractivity contribution in [2.24, 2.45) is 0 Å². The van der Waals surface area contributed by atoms with Crippen LogP contribution in [-0.2, 0) is 10.0 Å². The van der Waals surface area contributed by atoms with Crippen LogP contribution in [0.5, 0.6) is 11.5 Å². The third kappa shape index (κ3) is 4.49. The van der Waals surface area contributed by atoms with Gasteiger partial charge < -0.3 is 14.8 Å². The molecule has 0 saturated heterocycles. The summed E-state index contributed by atoms with van der Waals surface area (Å²) in [6, 6.07) is 10.8. The highest BCUT2D eigenvalue weighted by Crippen LogP contribution is 2.28. The zero-order valence-electron chi connectivity index (χ0n) is 14.2. The normalized spacial score (nSPS) is 11.0. The van der Waals surface area contributed by atoms with E-state index in [2.05, 4.69) is 10.0 Å². The van der Waals surface area contributed by atoms with E-state index < -0.39 is 10.0 Å². The van der Waals surface area contributed by atoms with Gasteiger partial charge in [-0.2, -0.15) is 0 Å². The van der Waals surface area contributed by atoms with E-state index in [-0.39, 0.29) is 10.8 Å². The number of ether oxygens (including phenoxy) is 2. The van der Waals surface area contributed by atoms with Crippen molar-refractivity contribution in [2.75, 3.05) is 26.1 Å². The van der Waals surface area contributed by atoms with Gasteiger partial charge in [-0.25, -0.2) is 13.1 Å². The molecular weight excluding hydrogens is 344 g/mol. The molecule has 2 aromatic carbocycles. The first-order valence-electron chi connectivity index (χ1n) is 7.57. The summed E-state index contributed by atoms with van der Waals surface area (Å²) in [5.74, 6) is 0.679. The first kappa shape index (κ1) is 18.8. The fourth-order valence-corrected chi connectivity index (χ4v) is 2.85. The van der Waals surface area contributed by atoms with E-state index in [0.29, 0.717) is 29.4 Å². The molecule has 25 heavy (non-hydrogen) atoms. The molecule has 0 radical (unpaired) electrons. The largest absolute Gasteiger partial charge is 0.493 e. The molecular formula is C17H20N2O5S. The van der Waals surface area contributed by atoms with Gasteiger partial charge in [0.05, 0.1) is 18.6 Å². The Hall–Kier alpha value is -2.58. The van der Waals surface area contributed by atoms with E-state index in [9.17, 15) is 13.2 Å². The van der Waals surface area contributed by atoms with Crippen molar-refractivity contribution in [1.82, 2.24) is 4.72 Å². The second-order valence-electron chi connectivity index (χ2n) is 4.98. The molecule has 0 aromatic heterocycles. The molecule has 0 saturated carbocycles. The summed E-state index contributed by atoms with van der Waals surface area (Å²) in [7, 11) is -0.670. The lowest BCUT2D eigenvalue weighted by atomic mass is 10.2. The SMILES string of the molecule is CCOc1ccc(C(=O)Nc2ccc(S(=O)(=O)NC)cc2)cc1OC. The molecule has 2 rings (SSSR count). The second kappa shape index (κ2) is 8.00. The fourth-order valence-electron chi connectivity index (χ4n) is 2.12. The Morgan fingerprint density at radius 1 is 1.08 bits per heavy atom. The van der Waals surface area contributed by atoms with Crippen molar-refractivity contribution in [3.05, 3.63) is 48.0 Å². The Bertz CT molecular complexity index is 848. The van der Waals surface area contributed by atoms with E-state index in [0.717, 1.165) is 0 Å². The van der Waals surface area contributed by atoms with Gasteiger partial charge in [-0.15, -0.1) is 0 Å². The maximum absolute atomic E-state index is 12.4. The summed E-state index contributed by atoms with van der Waals surface area (Å²) in [6.07, 6.45) is 0. The molecule has 0 aliphatic rings. The van der Waals surface area contributed by atoms with Crippen molar-refractivity contribution in [3.8, 4) is 11.5 Å². The first-order chi connectivity index (χ1) is 11.9. The van der Waals surface area contributed by atoms with E-state index in [1.165, 1.54) is 38.4 Å². The van der Waals surface area contributed by atoms with Gasteiger partial charge in [0.15, 0.2) is 11.5 Å². The molecule has 1 amide bonds. The number of carbonyl (C=O) groups is 1. The number of benzene rings is 2. The lowest BCUT2D eigenvalue weighted by Gasteiger charge is -2.11. The smallest absolute Gasteiger partial charge is 0.255 e. The molecule has 8 heteroatoms. The molecule has 2 N–H and O–H groups in total. The number of rotatable bonds is 7. The van der Waals surface area contributed by atoms with Gasteiger partial charge in [0, 0.05) is 11.3 Å². The minimum Gasteiger partial charge on any atom is -0.493 e. The van der Waals surface area contributed by atoms with Crippen molar-refractivity contribution < 1.29 is 22.7 Å². The van der Waals surface area contributed by atoms with E-state index >= 15 is 0 Å². The Balaban J connectivity index is 2.17. The van der Waals surface area contributed by atoms with Gasteiger partial charge in [-0.1, -0.05) is 0 Å². The summed E-state index contributed by atoms with van der Waals surface area (Å²) in [4.78, 5) is 12.5. The van der Waals surface area contributed by atoms with Crippen LogP contribution in [0.15, 0.2) is 47.4 Å². The number of anilines is 1. The number of hydrogen-bond acceptors (Lipinski definition) is 5. The zero-order chi connectivity index (χ0) is 18.4. The summed E-state index contributed by atoms with van der Waals surface area (Å²) < 4.78 is 36.2. The van der Waals surface area contributed by atoms with Gasteiger partial charge in [-0.05, 0) is 56.4 Å². The van der Waals surface area contributed by atoms with E-state index in [1.54, 1.807) is 18.2 Å². The lowest BCUT2D eigenvalue weighted by Crippen LogP contribution is -2.18. The van der Waals surface area contributed by atoms with Crippen LogP contribution < -0.4 is 19.5 Å². The predicted molar refractivity (Wildman–Crippen MR) is 94.8 cm³/mol. The molecule has 0 unspecified atom stereocenters. The van der Waals surface area contributed by atoms with Gasteiger partial charge in [0.2, 0.25) is 10.0 Å². The highest BCUT2D eigenvalue weighted by molar-refractivity contribution is 7.89. The number of hydrogen-bond donors (Lipinski definition) is 2. The van der Waals surface area contributed by atoms with Crippen LogP contribution in [0.4, 0.5) is 5.69 Å². The predicted octanol–water partition coefficient (Wildman–Crippen LogP) is 2.25.